The first-order chi connectivity index (χ1) is 7.65. The first kappa shape index (κ1) is 11.6. The molecule has 0 atom stereocenters. The Morgan fingerprint density at radius 2 is 2.19 bits per heavy atom. The third kappa shape index (κ3) is 2.82. The fraction of sp³-hybridized carbons (Fsp3) is 0.667. The Morgan fingerprint density at radius 1 is 1.50 bits per heavy atom. The number of carbonyl (C=O) groups excluding carboxylic acids is 1. The lowest BCUT2D eigenvalue weighted by Crippen LogP contribution is -2.22. The van der Waals surface area contributed by atoms with E-state index in [0.717, 1.165) is 24.5 Å². The molecule has 0 bridgehead atoms. The molecular formula is C12H18N2OS. The number of hydrogen-bond acceptors (Lipinski definition) is 4. The van der Waals surface area contributed by atoms with Crippen LogP contribution in [0.4, 0.5) is 5.13 Å². The van der Waals surface area contributed by atoms with Crippen molar-refractivity contribution >= 4 is 22.3 Å². The van der Waals surface area contributed by atoms with Crippen molar-refractivity contribution in [2.75, 3.05) is 5.73 Å². The smallest absolute Gasteiger partial charge is 0.180 e. The number of ketones is 1. The van der Waals surface area contributed by atoms with Gasteiger partial charge in [0.25, 0.3) is 0 Å². The summed E-state index contributed by atoms with van der Waals surface area (Å²) in [6.45, 7) is 2.27. The van der Waals surface area contributed by atoms with Gasteiger partial charge in [-0.15, -0.1) is 11.3 Å². The van der Waals surface area contributed by atoms with Gasteiger partial charge in [0, 0.05) is 17.7 Å². The summed E-state index contributed by atoms with van der Waals surface area (Å²) in [5.41, 5.74) is 6.39. The number of nitrogens with two attached hydrogens (primary N) is 1. The van der Waals surface area contributed by atoms with Crippen molar-refractivity contribution in [3.05, 3.63) is 11.1 Å². The lowest BCUT2D eigenvalue weighted by atomic mass is 9.80. The van der Waals surface area contributed by atoms with Gasteiger partial charge in [0.2, 0.25) is 0 Å². The highest BCUT2D eigenvalue weighted by Gasteiger charge is 2.24. The number of carbonyl (C=O) groups is 1. The topological polar surface area (TPSA) is 56.0 Å². The van der Waals surface area contributed by atoms with Crippen LogP contribution >= 0.6 is 11.3 Å². The minimum absolute atomic E-state index is 0.263. The number of nitrogen functional groups attached to an aromatic ring is 1. The van der Waals surface area contributed by atoms with E-state index >= 15 is 0 Å². The van der Waals surface area contributed by atoms with Gasteiger partial charge in [0.05, 0.1) is 5.69 Å². The van der Waals surface area contributed by atoms with E-state index in [1.807, 2.05) is 5.38 Å². The SMILES string of the molecule is CC1CCC(C(=O)Cc2csc(N)n2)CC1. The molecule has 0 amide bonds. The van der Waals surface area contributed by atoms with Crippen LogP contribution in [0.5, 0.6) is 0 Å². The summed E-state index contributed by atoms with van der Waals surface area (Å²) in [4.78, 5) is 16.1. The van der Waals surface area contributed by atoms with Gasteiger partial charge < -0.3 is 5.73 Å². The lowest BCUT2D eigenvalue weighted by molar-refractivity contribution is -0.123. The molecular weight excluding hydrogens is 220 g/mol. The molecule has 0 unspecified atom stereocenters. The van der Waals surface area contributed by atoms with Crippen LogP contribution in [0, 0.1) is 11.8 Å². The Bertz CT molecular complexity index is 367. The molecule has 1 saturated carbocycles. The van der Waals surface area contributed by atoms with Crippen molar-refractivity contribution in [1.29, 1.82) is 0 Å². The van der Waals surface area contributed by atoms with Crippen molar-refractivity contribution in [1.82, 2.24) is 4.98 Å². The highest BCUT2D eigenvalue weighted by atomic mass is 32.1. The molecule has 3 nitrogen and oxygen atoms in total. The average molecular weight is 238 g/mol. The van der Waals surface area contributed by atoms with Gasteiger partial charge >= 0.3 is 0 Å². The molecule has 16 heavy (non-hydrogen) atoms. The molecule has 1 aliphatic carbocycles. The highest BCUT2D eigenvalue weighted by Crippen LogP contribution is 2.29. The highest BCUT2D eigenvalue weighted by molar-refractivity contribution is 7.13. The van der Waals surface area contributed by atoms with Gasteiger partial charge in [-0.3, -0.25) is 4.79 Å². The van der Waals surface area contributed by atoms with Gasteiger partial charge in [-0.05, 0) is 18.8 Å². The molecule has 0 radical (unpaired) electrons. The first-order valence-electron chi connectivity index (χ1n) is 5.87. The van der Waals surface area contributed by atoms with Crippen molar-refractivity contribution in [3.8, 4) is 0 Å². The predicted octanol–water partition coefficient (Wildman–Crippen LogP) is 2.66. The molecule has 2 N–H and O–H groups in total. The fourth-order valence-electron chi connectivity index (χ4n) is 2.31. The van der Waals surface area contributed by atoms with E-state index in [2.05, 4.69) is 11.9 Å². The zero-order valence-corrected chi connectivity index (χ0v) is 10.4. The zero-order chi connectivity index (χ0) is 11.5. The molecule has 88 valence electrons. The monoisotopic (exact) mass is 238 g/mol. The molecule has 4 heteroatoms. The number of aromatic nitrogens is 1. The van der Waals surface area contributed by atoms with E-state index in [4.69, 9.17) is 5.73 Å². The minimum atomic E-state index is 0.263. The third-order valence-corrected chi connectivity index (χ3v) is 4.12. The van der Waals surface area contributed by atoms with Gasteiger partial charge in [0.1, 0.15) is 5.78 Å². The van der Waals surface area contributed by atoms with Crippen LogP contribution in [-0.2, 0) is 11.2 Å². The van der Waals surface area contributed by atoms with Crippen molar-refractivity contribution in [2.24, 2.45) is 11.8 Å². The average Bonchev–Trinajstić information content (AvgIpc) is 2.65. The van der Waals surface area contributed by atoms with E-state index in [1.54, 1.807) is 0 Å². The maximum atomic E-state index is 12.0. The fourth-order valence-corrected chi connectivity index (χ4v) is 2.87. The van der Waals surface area contributed by atoms with Gasteiger partial charge in [-0.1, -0.05) is 19.8 Å². The van der Waals surface area contributed by atoms with E-state index in [9.17, 15) is 4.79 Å². The van der Waals surface area contributed by atoms with Gasteiger partial charge in [0.15, 0.2) is 5.13 Å². The number of Topliss-reactive ketones (excluding diaryl/α,β-unsaturated/α-hetero) is 1. The molecule has 0 saturated heterocycles. The number of thiazole rings is 1. The number of rotatable bonds is 3. The summed E-state index contributed by atoms with van der Waals surface area (Å²) in [5.74, 6) is 1.40. The van der Waals surface area contributed by atoms with Crippen LogP contribution in [0.25, 0.3) is 0 Å². The second-order valence-corrected chi connectivity index (χ2v) is 5.67. The Kier molecular flexibility index (Phi) is 3.59. The second-order valence-electron chi connectivity index (χ2n) is 4.78. The van der Waals surface area contributed by atoms with Gasteiger partial charge in [-0.25, -0.2) is 4.98 Å². The summed E-state index contributed by atoms with van der Waals surface area (Å²) >= 11 is 1.41. The largest absolute Gasteiger partial charge is 0.375 e. The molecule has 0 aromatic carbocycles. The normalized spacial score (nSPS) is 25.6. The maximum Gasteiger partial charge on any atom is 0.180 e. The molecule has 1 heterocycles. The summed E-state index contributed by atoms with van der Waals surface area (Å²) < 4.78 is 0. The van der Waals surface area contributed by atoms with Crippen LogP contribution in [0.3, 0.4) is 0 Å². The third-order valence-electron chi connectivity index (χ3n) is 3.40. The second kappa shape index (κ2) is 4.95. The summed E-state index contributed by atoms with van der Waals surface area (Å²) in [7, 11) is 0. The van der Waals surface area contributed by atoms with Gasteiger partial charge in [-0.2, -0.15) is 0 Å². The molecule has 0 aliphatic heterocycles. The first-order valence-corrected chi connectivity index (χ1v) is 6.75. The summed E-state index contributed by atoms with van der Waals surface area (Å²) in [6.07, 6.45) is 4.96. The Balaban J connectivity index is 1.88. The lowest BCUT2D eigenvalue weighted by Gasteiger charge is -2.24. The van der Waals surface area contributed by atoms with E-state index < -0.39 is 0 Å². The van der Waals surface area contributed by atoms with E-state index in [-0.39, 0.29) is 5.92 Å². The Morgan fingerprint density at radius 3 is 2.75 bits per heavy atom. The van der Waals surface area contributed by atoms with Crippen LogP contribution in [0.15, 0.2) is 5.38 Å². The quantitative estimate of drug-likeness (QED) is 0.880. The van der Waals surface area contributed by atoms with Crippen molar-refractivity contribution in [3.63, 3.8) is 0 Å². The van der Waals surface area contributed by atoms with Crippen LogP contribution in [0.1, 0.15) is 38.3 Å². The minimum Gasteiger partial charge on any atom is -0.375 e. The Hall–Kier alpha value is -0.900. The van der Waals surface area contributed by atoms with E-state index in [0.29, 0.717) is 17.3 Å². The predicted molar refractivity (Wildman–Crippen MR) is 66.4 cm³/mol. The summed E-state index contributed by atoms with van der Waals surface area (Å²) in [6, 6.07) is 0. The standard InChI is InChI=1S/C12H18N2OS/c1-8-2-4-9(5-3-8)11(15)6-10-7-16-12(13)14-10/h7-9H,2-6H2,1H3,(H2,13,14). The Labute approximate surface area is 100 Å². The van der Waals surface area contributed by atoms with E-state index in [1.165, 1.54) is 24.2 Å². The molecule has 1 aromatic heterocycles. The number of nitrogens with zero attached hydrogens (tertiary/aromatic N) is 1. The van der Waals surface area contributed by atoms with Crippen molar-refractivity contribution < 1.29 is 4.79 Å². The number of anilines is 1. The maximum absolute atomic E-state index is 12.0. The molecule has 1 aromatic rings. The van der Waals surface area contributed by atoms with Crippen LogP contribution in [-0.4, -0.2) is 10.8 Å². The zero-order valence-electron chi connectivity index (χ0n) is 9.61. The molecule has 0 spiro atoms. The summed E-state index contributed by atoms with van der Waals surface area (Å²) in [5, 5.41) is 2.44. The van der Waals surface area contributed by atoms with Crippen molar-refractivity contribution in [2.45, 2.75) is 39.0 Å². The van der Waals surface area contributed by atoms with Crippen LogP contribution < -0.4 is 5.73 Å². The van der Waals surface area contributed by atoms with Crippen LogP contribution in [0.2, 0.25) is 0 Å². The molecule has 1 fully saturated rings. The molecule has 1 aliphatic rings. The molecule has 2 rings (SSSR count). The number of hydrogen-bond donors (Lipinski definition) is 1.